The Balaban J connectivity index is 1.51. The molecule has 8 rings (SSSR count). The molecule has 3 spiro atoms. The maximum absolute atomic E-state index is 14.9. The smallest absolute Gasteiger partial charge is 0.338 e. The zero-order chi connectivity index (χ0) is 37.8. The van der Waals surface area contributed by atoms with Gasteiger partial charge in [0.1, 0.15) is 29.2 Å². The highest BCUT2D eigenvalue weighted by Gasteiger charge is 3.04. The average Bonchev–Trinajstić information content (AvgIpc) is 3.75. The lowest BCUT2D eigenvalue weighted by molar-refractivity contribution is -0.478. The van der Waals surface area contributed by atoms with Gasteiger partial charge in [0.15, 0.2) is 17.3 Å². The van der Waals surface area contributed by atoms with Crippen LogP contribution in [0.1, 0.15) is 92.7 Å². The Morgan fingerprint density at radius 3 is 2.25 bits per heavy atom. The summed E-state index contributed by atoms with van der Waals surface area (Å²) in [5.41, 5.74) is -9.83. The summed E-state index contributed by atoms with van der Waals surface area (Å²) in [6, 6.07) is 1.70. The van der Waals surface area contributed by atoms with Gasteiger partial charge in [-0.05, 0) is 31.2 Å². The first-order valence-corrected chi connectivity index (χ1v) is 18.0. The third kappa shape index (κ3) is 3.57. The zero-order valence-corrected chi connectivity index (χ0v) is 31.3. The Morgan fingerprint density at radius 1 is 0.981 bits per heavy atom. The van der Waals surface area contributed by atoms with Gasteiger partial charge >= 0.3 is 23.9 Å². The van der Waals surface area contributed by atoms with Gasteiger partial charge in [-0.15, -0.1) is 0 Å². The molecule has 1 aromatic heterocycles. The molecule has 13 unspecified atom stereocenters. The molecular formula is C38H48O14. The third-order valence-corrected chi connectivity index (χ3v) is 14.4. The highest BCUT2D eigenvalue weighted by molar-refractivity contribution is 5.92. The second kappa shape index (κ2) is 10.4. The van der Waals surface area contributed by atoms with E-state index >= 15 is 0 Å². The lowest BCUT2D eigenvalue weighted by atomic mass is 9.33. The molecule has 4 saturated carbocycles. The second-order valence-corrected chi connectivity index (χ2v) is 17.1. The van der Waals surface area contributed by atoms with Crippen molar-refractivity contribution in [3.05, 3.63) is 35.5 Å². The van der Waals surface area contributed by atoms with Crippen molar-refractivity contribution in [2.75, 3.05) is 14.2 Å². The highest BCUT2D eigenvalue weighted by Crippen LogP contribution is 2.90. The van der Waals surface area contributed by atoms with Gasteiger partial charge in [-0.3, -0.25) is 14.4 Å². The van der Waals surface area contributed by atoms with Gasteiger partial charge in [0.05, 0.1) is 32.3 Å². The lowest BCUT2D eigenvalue weighted by Gasteiger charge is -2.77. The summed E-state index contributed by atoms with van der Waals surface area (Å²) in [6.07, 6.45) is -0.301. The summed E-state index contributed by atoms with van der Waals surface area (Å²) in [4.78, 5) is 54.2. The van der Waals surface area contributed by atoms with Crippen LogP contribution in [-0.4, -0.2) is 83.8 Å². The van der Waals surface area contributed by atoms with Crippen LogP contribution in [0.4, 0.5) is 0 Å². The van der Waals surface area contributed by atoms with Crippen molar-refractivity contribution in [1.82, 2.24) is 0 Å². The quantitative estimate of drug-likeness (QED) is 0.176. The van der Waals surface area contributed by atoms with E-state index in [1.54, 1.807) is 13.0 Å². The van der Waals surface area contributed by atoms with Crippen LogP contribution in [0.2, 0.25) is 0 Å². The van der Waals surface area contributed by atoms with Crippen LogP contribution in [0.15, 0.2) is 34.3 Å². The van der Waals surface area contributed by atoms with Gasteiger partial charge < -0.3 is 47.4 Å². The van der Waals surface area contributed by atoms with Crippen LogP contribution in [0.3, 0.4) is 0 Å². The molecule has 1 N–H and O–H groups in total. The summed E-state index contributed by atoms with van der Waals surface area (Å²) < 4.78 is 57.1. The number of aliphatic hydroxyl groups is 1. The first-order chi connectivity index (χ1) is 24.2. The molecule has 3 saturated heterocycles. The molecule has 4 heterocycles. The van der Waals surface area contributed by atoms with Crippen molar-refractivity contribution >= 4 is 23.9 Å². The van der Waals surface area contributed by atoms with E-state index in [0.717, 1.165) is 0 Å². The van der Waals surface area contributed by atoms with Crippen molar-refractivity contribution in [2.45, 2.75) is 128 Å². The van der Waals surface area contributed by atoms with Gasteiger partial charge in [0.25, 0.3) is 5.97 Å². The number of furan rings is 1. The fourth-order valence-electron chi connectivity index (χ4n) is 13.3. The van der Waals surface area contributed by atoms with E-state index in [1.807, 2.05) is 34.6 Å². The minimum atomic E-state index is -2.21. The van der Waals surface area contributed by atoms with E-state index < -0.39 is 98.6 Å². The molecule has 3 aliphatic heterocycles. The average molecular weight is 729 g/mol. The number of esters is 4. The van der Waals surface area contributed by atoms with E-state index in [9.17, 15) is 24.3 Å². The fourth-order valence-corrected chi connectivity index (χ4v) is 13.3. The summed E-state index contributed by atoms with van der Waals surface area (Å²) in [5, 5.41) is 13.8. The number of fused-ring (bicyclic) bond motifs is 3. The third-order valence-electron chi connectivity index (χ3n) is 14.4. The van der Waals surface area contributed by atoms with Crippen LogP contribution < -0.4 is 0 Å². The fraction of sp³-hybridized carbons (Fsp3) is 0.737. The molecule has 52 heavy (non-hydrogen) atoms. The topological polar surface area (TPSA) is 175 Å². The minimum Gasteiger partial charge on any atom is -0.500 e. The number of allylic oxidation sites excluding steroid dienone is 1. The number of carbonyl (C=O) groups is 4. The van der Waals surface area contributed by atoms with Crippen molar-refractivity contribution in [1.29, 1.82) is 0 Å². The Hall–Kier alpha value is -3.46. The van der Waals surface area contributed by atoms with E-state index in [2.05, 4.69) is 0 Å². The van der Waals surface area contributed by atoms with Gasteiger partial charge in [-0.25, -0.2) is 4.79 Å². The Labute approximate surface area is 301 Å². The Morgan fingerprint density at radius 2 is 1.67 bits per heavy atom. The monoisotopic (exact) mass is 728 g/mol. The number of ether oxygens (including phenoxy) is 8. The first kappa shape index (κ1) is 35.6. The minimum absolute atomic E-state index is 0.115. The van der Waals surface area contributed by atoms with Crippen molar-refractivity contribution in [3.8, 4) is 0 Å². The molecule has 4 bridgehead atoms. The Kier molecular flexibility index (Phi) is 7.11. The number of carbonyl (C=O) groups excluding carboxylic acids is 4. The van der Waals surface area contributed by atoms with E-state index in [4.69, 9.17) is 42.3 Å². The predicted molar refractivity (Wildman–Crippen MR) is 174 cm³/mol. The van der Waals surface area contributed by atoms with Crippen molar-refractivity contribution < 1.29 is 66.6 Å². The molecule has 0 aromatic carbocycles. The molecule has 14 nitrogen and oxygen atoms in total. The molecule has 7 aliphatic rings. The van der Waals surface area contributed by atoms with Crippen molar-refractivity contribution in [3.63, 3.8) is 0 Å². The normalized spacial score (nSPS) is 48.9. The first-order valence-electron chi connectivity index (χ1n) is 18.0. The zero-order valence-electron chi connectivity index (χ0n) is 31.3. The highest BCUT2D eigenvalue weighted by atomic mass is 16.9. The largest absolute Gasteiger partial charge is 0.500 e. The molecular weight excluding hydrogens is 680 g/mol. The maximum atomic E-state index is 14.9. The van der Waals surface area contributed by atoms with Crippen LogP contribution in [0.5, 0.6) is 0 Å². The van der Waals surface area contributed by atoms with E-state index in [1.165, 1.54) is 40.6 Å². The number of methoxy groups -OCH3 is 2. The van der Waals surface area contributed by atoms with Crippen molar-refractivity contribution in [2.24, 2.45) is 34.0 Å². The van der Waals surface area contributed by atoms with Crippen LogP contribution in [0.25, 0.3) is 0 Å². The molecule has 0 radical (unpaired) electrons. The second-order valence-electron chi connectivity index (χ2n) is 17.1. The van der Waals surface area contributed by atoms with Crippen LogP contribution >= 0.6 is 0 Å². The summed E-state index contributed by atoms with van der Waals surface area (Å²) in [5.74, 6) is -6.05. The van der Waals surface area contributed by atoms with Crippen LogP contribution in [-0.2, 0) is 57.1 Å². The molecule has 13 atom stereocenters. The molecule has 284 valence electrons. The Bertz CT molecular complexity index is 1800. The number of hydrogen-bond acceptors (Lipinski definition) is 14. The molecule has 0 amide bonds. The lowest BCUT2D eigenvalue weighted by Crippen LogP contribution is -2.94. The summed E-state index contributed by atoms with van der Waals surface area (Å²) in [6.45, 7) is 13.7. The molecule has 7 fully saturated rings. The van der Waals surface area contributed by atoms with Gasteiger partial charge in [-0.2, -0.15) is 0 Å². The maximum Gasteiger partial charge on any atom is 0.338 e. The molecule has 1 aromatic rings. The van der Waals surface area contributed by atoms with Crippen LogP contribution in [0, 0.1) is 34.0 Å². The van der Waals surface area contributed by atoms with Gasteiger partial charge in [0, 0.05) is 60.8 Å². The number of rotatable bonds is 8. The standard InChI is InChI=1S/C38H48O14/c1-18(2)25(45-10)24-26-31(5,27(47-19(3)39)21-11-14-46-16-21)12-13-35-33(7)22(15-23(41)44-9)32(6)17-36(33)37(43,29(32)48-20(4)40)30(49-28(24)42)38(26,35)52-34(8,50-35)51-36/h11,14,16,18,22,26-27,29-30,43H,12-13,15,17H2,1-10H3/b25-24-. The molecule has 4 aliphatic carbocycles. The van der Waals surface area contributed by atoms with Gasteiger partial charge in [0.2, 0.25) is 0 Å². The van der Waals surface area contributed by atoms with E-state index in [0.29, 0.717) is 17.7 Å². The predicted octanol–water partition coefficient (Wildman–Crippen LogP) is 4.03. The SMILES string of the molecule is COC(=O)CC1C2(C)CC34OC5(C)OC67C(/C(=C(/OC)C(C)C)C(=O)OC6C3(O)C2OC(C)=O)C(C)(C(OC(C)=O)c2ccoc2)CCC7(O5)C14C. The summed E-state index contributed by atoms with van der Waals surface area (Å²) >= 11 is 0. The van der Waals surface area contributed by atoms with E-state index in [-0.39, 0.29) is 30.8 Å². The summed E-state index contributed by atoms with van der Waals surface area (Å²) in [7, 11) is 2.78. The molecule has 14 heteroatoms. The number of hydrogen-bond donors (Lipinski definition) is 1. The van der Waals surface area contributed by atoms with Gasteiger partial charge in [-0.1, -0.05) is 34.6 Å².